The van der Waals surface area contributed by atoms with E-state index in [0.717, 1.165) is 15.2 Å². The largest absolute Gasteiger partial charge is 0.479 e. The Morgan fingerprint density at radius 1 is 1.11 bits per heavy atom. The van der Waals surface area contributed by atoms with Gasteiger partial charge in [-0.25, -0.2) is 17.2 Å². The number of aromatic nitrogens is 1. The molecule has 1 fully saturated rings. The number of ketones is 1. The molecule has 0 spiro atoms. The monoisotopic (exact) mass is 640 g/mol. The summed E-state index contributed by atoms with van der Waals surface area (Å²) in [5.41, 5.74) is 1.03. The van der Waals surface area contributed by atoms with Crippen LogP contribution in [-0.4, -0.2) is 55.8 Å². The SMILES string of the molecule is CC(C)C[C@@H](C(=O)N[C@@H](C[C@@H]1CCNC1=O)C(=O)COc1c(F)c(F)cc(F)c1F)N(c1ccc2c(ccn2C)c1)[SH](=O)=O. The molecule has 0 bridgehead atoms. The molecule has 2 aromatic carbocycles. The van der Waals surface area contributed by atoms with Gasteiger partial charge in [-0.2, -0.15) is 8.78 Å². The standard InChI is InChI=1S/C29H32F4N4O6S/c1-15(2)10-23(37(44(41)42)18-4-5-22-16(11-18)7-9-36(22)3)29(40)35-21(12-17-6-8-34-28(17)39)24(38)14-43-27-25(32)19(30)13-20(31)26(27)33/h4-5,7,9,11,13,15,17,21,23,44H,6,8,10,12,14H2,1-3H3,(H,34,39)(H,35,40)/t17-,21-,23-/m0/s1. The number of amides is 2. The van der Waals surface area contributed by atoms with Gasteiger partial charge in [-0.1, -0.05) is 13.8 Å². The summed E-state index contributed by atoms with van der Waals surface area (Å²) in [6.07, 6.45) is 1.92. The van der Waals surface area contributed by atoms with Gasteiger partial charge in [-0.15, -0.1) is 0 Å². The third-order valence-electron chi connectivity index (χ3n) is 7.42. The fourth-order valence-corrected chi connectivity index (χ4v) is 5.92. The highest BCUT2D eigenvalue weighted by Crippen LogP contribution is 2.28. The molecule has 4 rings (SSSR count). The maximum Gasteiger partial charge on any atom is 0.244 e. The topological polar surface area (TPSA) is 127 Å². The van der Waals surface area contributed by atoms with Gasteiger partial charge < -0.3 is 19.9 Å². The highest BCUT2D eigenvalue weighted by atomic mass is 32.2. The van der Waals surface area contributed by atoms with Crippen molar-refractivity contribution < 1.29 is 45.1 Å². The Labute approximate surface area is 252 Å². The normalized spacial score (nSPS) is 16.3. The molecule has 2 N–H and O–H groups in total. The van der Waals surface area contributed by atoms with E-state index in [1.807, 2.05) is 11.6 Å². The summed E-state index contributed by atoms with van der Waals surface area (Å²) in [6.45, 7) is 2.75. The lowest BCUT2D eigenvalue weighted by atomic mass is 9.95. The molecule has 15 heteroatoms. The van der Waals surface area contributed by atoms with Crippen LogP contribution >= 0.6 is 0 Å². The Morgan fingerprint density at radius 3 is 2.39 bits per heavy atom. The summed E-state index contributed by atoms with van der Waals surface area (Å²) < 4.78 is 88.3. The molecule has 1 aliphatic heterocycles. The number of aryl methyl sites for hydroxylation is 1. The molecule has 0 saturated carbocycles. The first-order valence-electron chi connectivity index (χ1n) is 13.8. The van der Waals surface area contributed by atoms with Crippen LogP contribution in [0.4, 0.5) is 23.2 Å². The van der Waals surface area contributed by atoms with Crippen molar-refractivity contribution in [1.29, 1.82) is 0 Å². The van der Waals surface area contributed by atoms with Crippen LogP contribution in [0, 0.1) is 35.1 Å². The number of fused-ring (bicyclic) bond motifs is 1. The Bertz CT molecular complexity index is 1630. The van der Waals surface area contributed by atoms with E-state index in [4.69, 9.17) is 4.74 Å². The van der Waals surface area contributed by atoms with Crippen molar-refractivity contribution in [3.8, 4) is 5.75 Å². The van der Waals surface area contributed by atoms with Crippen LogP contribution < -0.4 is 19.7 Å². The summed E-state index contributed by atoms with van der Waals surface area (Å²) in [7, 11) is -1.54. The minimum absolute atomic E-state index is 0.0158. The van der Waals surface area contributed by atoms with Crippen molar-refractivity contribution in [2.45, 2.75) is 45.2 Å². The summed E-state index contributed by atoms with van der Waals surface area (Å²) in [5, 5.41) is 5.84. The lowest BCUT2D eigenvalue weighted by Gasteiger charge is -2.30. The minimum Gasteiger partial charge on any atom is -0.479 e. The Balaban J connectivity index is 1.63. The number of carbonyl (C=O) groups is 3. The van der Waals surface area contributed by atoms with Gasteiger partial charge in [0.15, 0.2) is 23.2 Å². The third-order valence-corrected chi connectivity index (χ3v) is 8.28. The number of Topliss-reactive ketones (excluding diaryl/α,β-unsaturated/α-hetero) is 1. The highest BCUT2D eigenvalue weighted by molar-refractivity contribution is 7.74. The highest BCUT2D eigenvalue weighted by Gasteiger charge is 2.36. The number of hydrogen-bond donors (Lipinski definition) is 3. The van der Waals surface area contributed by atoms with E-state index in [1.165, 1.54) is 0 Å². The number of benzene rings is 2. The fourth-order valence-electron chi connectivity index (χ4n) is 5.18. The zero-order valence-corrected chi connectivity index (χ0v) is 25.0. The van der Waals surface area contributed by atoms with Crippen molar-refractivity contribution in [2.24, 2.45) is 18.9 Å². The van der Waals surface area contributed by atoms with Crippen molar-refractivity contribution in [3.05, 3.63) is 59.8 Å². The molecule has 0 unspecified atom stereocenters. The van der Waals surface area contributed by atoms with E-state index >= 15 is 0 Å². The predicted octanol–water partition coefficient (Wildman–Crippen LogP) is 3.14. The number of hydrogen-bond acceptors (Lipinski definition) is 6. The van der Waals surface area contributed by atoms with E-state index < -0.39 is 76.2 Å². The number of ether oxygens (including phenoxy) is 1. The number of rotatable bonds is 13. The van der Waals surface area contributed by atoms with E-state index in [9.17, 15) is 40.4 Å². The molecule has 3 aromatic rings. The number of halogens is 4. The molecular weight excluding hydrogens is 608 g/mol. The molecule has 3 atom stereocenters. The molecule has 1 aromatic heterocycles. The number of nitrogens with zero attached hydrogens (tertiary/aromatic N) is 2. The first-order chi connectivity index (χ1) is 20.8. The number of nitrogens with one attached hydrogen (secondary N) is 2. The van der Waals surface area contributed by atoms with Gasteiger partial charge in [0.05, 0.1) is 11.7 Å². The lowest BCUT2D eigenvalue weighted by molar-refractivity contribution is -0.131. The van der Waals surface area contributed by atoms with Gasteiger partial charge in [-0.3, -0.25) is 18.7 Å². The fraction of sp³-hybridized carbons (Fsp3) is 0.414. The zero-order chi connectivity index (χ0) is 32.3. The summed E-state index contributed by atoms with van der Waals surface area (Å²) in [5.74, 6) is -11.8. The van der Waals surface area contributed by atoms with E-state index in [2.05, 4.69) is 10.6 Å². The van der Waals surface area contributed by atoms with E-state index in [0.29, 0.717) is 13.0 Å². The number of anilines is 1. The average molecular weight is 641 g/mol. The van der Waals surface area contributed by atoms with Crippen LogP contribution in [0.25, 0.3) is 10.9 Å². The van der Waals surface area contributed by atoms with Crippen LogP contribution in [0.1, 0.15) is 33.1 Å². The first-order valence-corrected chi connectivity index (χ1v) is 15.0. The third kappa shape index (κ3) is 7.14. The molecule has 10 nitrogen and oxygen atoms in total. The summed E-state index contributed by atoms with van der Waals surface area (Å²) in [6, 6.07) is 3.84. The second-order valence-electron chi connectivity index (χ2n) is 11.0. The Morgan fingerprint density at radius 2 is 1.80 bits per heavy atom. The smallest absolute Gasteiger partial charge is 0.244 e. The molecule has 2 amide bonds. The van der Waals surface area contributed by atoms with Gasteiger partial charge in [0, 0.05) is 42.7 Å². The van der Waals surface area contributed by atoms with Crippen LogP contribution in [-0.2, 0) is 32.3 Å². The van der Waals surface area contributed by atoms with Crippen LogP contribution in [0.15, 0.2) is 36.5 Å². The molecule has 0 radical (unpaired) electrons. The van der Waals surface area contributed by atoms with E-state index in [1.54, 1.807) is 44.3 Å². The van der Waals surface area contributed by atoms with Gasteiger partial charge in [-0.05, 0) is 49.4 Å². The quantitative estimate of drug-likeness (QED) is 0.150. The average Bonchev–Trinajstić information content (AvgIpc) is 3.54. The molecule has 1 aliphatic rings. The van der Waals surface area contributed by atoms with Crippen LogP contribution in [0.2, 0.25) is 0 Å². The maximum atomic E-state index is 14.1. The predicted molar refractivity (Wildman–Crippen MR) is 153 cm³/mol. The Hall–Kier alpha value is -4.14. The maximum absolute atomic E-state index is 14.1. The Kier molecular flexibility index (Phi) is 10.2. The summed E-state index contributed by atoms with van der Waals surface area (Å²) >= 11 is 0. The number of thiol groups is 1. The molecular formula is C29H32F4N4O6S. The summed E-state index contributed by atoms with van der Waals surface area (Å²) in [4.78, 5) is 39.3. The van der Waals surface area contributed by atoms with Crippen LogP contribution in [0.3, 0.4) is 0 Å². The van der Waals surface area contributed by atoms with Gasteiger partial charge >= 0.3 is 0 Å². The lowest BCUT2D eigenvalue weighted by Crippen LogP contribution is -2.53. The molecule has 1 saturated heterocycles. The second kappa shape index (κ2) is 13.7. The van der Waals surface area contributed by atoms with Gasteiger partial charge in [0.1, 0.15) is 12.6 Å². The molecule has 44 heavy (non-hydrogen) atoms. The number of carbonyl (C=O) groups excluding carboxylic acids is 3. The van der Waals surface area contributed by atoms with Crippen molar-refractivity contribution in [1.82, 2.24) is 15.2 Å². The van der Waals surface area contributed by atoms with Crippen molar-refractivity contribution >= 4 is 45.1 Å². The molecule has 0 aliphatic carbocycles. The zero-order valence-electron chi connectivity index (χ0n) is 24.1. The van der Waals surface area contributed by atoms with Crippen LogP contribution in [0.5, 0.6) is 5.75 Å². The minimum atomic E-state index is -3.36. The van der Waals surface area contributed by atoms with Gasteiger partial charge in [0.25, 0.3) is 0 Å². The van der Waals surface area contributed by atoms with E-state index in [-0.39, 0.29) is 36.4 Å². The molecule has 238 valence electrons. The van der Waals surface area contributed by atoms with Crippen molar-refractivity contribution in [3.63, 3.8) is 0 Å². The first kappa shape index (κ1) is 32.8. The second-order valence-corrected chi connectivity index (χ2v) is 11.9. The van der Waals surface area contributed by atoms with Gasteiger partial charge in [0.2, 0.25) is 34.3 Å². The molecule has 2 heterocycles. The van der Waals surface area contributed by atoms with Crippen molar-refractivity contribution in [2.75, 3.05) is 17.5 Å².